The molecule has 0 aromatic carbocycles. The van der Waals surface area contributed by atoms with E-state index in [4.69, 9.17) is 14.9 Å². The third-order valence-corrected chi connectivity index (χ3v) is 2.04. The number of ether oxygens (including phenoxy) is 1. The summed E-state index contributed by atoms with van der Waals surface area (Å²) < 4.78 is 5.07. The molecule has 1 rings (SSSR count). The van der Waals surface area contributed by atoms with Crippen molar-refractivity contribution in [3.8, 4) is 0 Å². The highest BCUT2D eigenvalue weighted by Gasteiger charge is 2.18. The monoisotopic (exact) mass is 204 g/mol. The summed E-state index contributed by atoms with van der Waals surface area (Å²) in [5.74, 6) is 0. The quantitative estimate of drug-likeness (QED) is 0.445. The number of aliphatic hydroxyl groups excluding tert-OH is 2. The van der Waals surface area contributed by atoms with Crippen LogP contribution in [0.3, 0.4) is 0 Å². The van der Waals surface area contributed by atoms with Crippen molar-refractivity contribution >= 4 is 6.03 Å². The maximum atomic E-state index is 11.2. The molecule has 1 atom stereocenters. The summed E-state index contributed by atoms with van der Waals surface area (Å²) in [6.45, 7) is 0.640. The molecule has 0 aliphatic carbocycles. The number of hydrogen-bond acceptors (Lipinski definition) is 4. The number of rotatable bonds is 4. The first-order valence-electron chi connectivity index (χ1n) is 4.62. The molecule has 6 heteroatoms. The molecule has 0 aromatic heterocycles. The molecule has 1 aliphatic rings. The highest BCUT2D eigenvalue weighted by Crippen LogP contribution is 2.02. The van der Waals surface area contributed by atoms with Gasteiger partial charge in [-0.25, -0.2) is 4.79 Å². The van der Waals surface area contributed by atoms with Gasteiger partial charge in [0, 0.05) is 6.61 Å². The van der Waals surface area contributed by atoms with Crippen molar-refractivity contribution in [2.24, 2.45) is 0 Å². The summed E-state index contributed by atoms with van der Waals surface area (Å²) in [4.78, 5) is 11.2. The van der Waals surface area contributed by atoms with E-state index in [0.29, 0.717) is 13.2 Å². The second-order valence-electron chi connectivity index (χ2n) is 3.24. The van der Waals surface area contributed by atoms with Gasteiger partial charge in [-0.3, -0.25) is 0 Å². The fourth-order valence-electron chi connectivity index (χ4n) is 1.21. The summed E-state index contributed by atoms with van der Waals surface area (Å²) in [6, 6.07) is -0.945. The molecule has 82 valence electrons. The van der Waals surface area contributed by atoms with E-state index >= 15 is 0 Å². The van der Waals surface area contributed by atoms with Crippen molar-refractivity contribution < 1.29 is 19.7 Å². The summed E-state index contributed by atoms with van der Waals surface area (Å²) in [6.07, 6.45) is 0.802. The van der Waals surface area contributed by atoms with Gasteiger partial charge in [0.15, 0.2) is 0 Å². The van der Waals surface area contributed by atoms with Gasteiger partial charge in [0.05, 0.1) is 31.9 Å². The van der Waals surface area contributed by atoms with Crippen molar-refractivity contribution in [3.05, 3.63) is 0 Å². The number of amides is 2. The van der Waals surface area contributed by atoms with Crippen LogP contribution in [0.4, 0.5) is 4.79 Å². The second kappa shape index (κ2) is 5.79. The van der Waals surface area contributed by atoms with E-state index in [1.165, 1.54) is 0 Å². The van der Waals surface area contributed by atoms with Crippen LogP contribution in [0.1, 0.15) is 6.42 Å². The van der Waals surface area contributed by atoms with Crippen molar-refractivity contribution in [2.45, 2.75) is 18.5 Å². The maximum Gasteiger partial charge on any atom is 0.315 e. The lowest BCUT2D eigenvalue weighted by molar-refractivity contribution is 0.165. The lowest BCUT2D eigenvalue weighted by Gasteiger charge is -2.16. The second-order valence-corrected chi connectivity index (χ2v) is 3.24. The number of nitrogens with one attached hydrogen (secondary N) is 2. The Labute approximate surface area is 82.3 Å². The van der Waals surface area contributed by atoms with Crippen LogP contribution in [-0.2, 0) is 4.74 Å². The Balaban J connectivity index is 2.20. The summed E-state index contributed by atoms with van der Waals surface area (Å²) in [5, 5.41) is 22.5. The van der Waals surface area contributed by atoms with Crippen LogP contribution in [0, 0.1) is 0 Å². The fraction of sp³-hybridized carbons (Fsp3) is 0.875. The molecule has 1 fully saturated rings. The Hall–Kier alpha value is -0.850. The van der Waals surface area contributed by atoms with Crippen LogP contribution >= 0.6 is 0 Å². The number of carbonyl (C=O) groups is 1. The molecule has 0 spiro atoms. The minimum absolute atomic E-state index is 0.0352. The Morgan fingerprint density at radius 3 is 2.71 bits per heavy atom. The smallest absolute Gasteiger partial charge is 0.315 e. The fourth-order valence-corrected chi connectivity index (χ4v) is 1.21. The van der Waals surface area contributed by atoms with E-state index < -0.39 is 6.04 Å². The predicted octanol–water partition coefficient (Wildman–Crippen LogP) is -1.57. The average Bonchev–Trinajstić information content (AvgIpc) is 2.66. The summed E-state index contributed by atoms with van der Waals surface area (Å²) in [7, 11) is 0. The highest BCUT2D eigenvalue weighted by molar-refractivity contribution is 5.74. The minimum atomic E-state index is -0.600. The van der Waals surface area contributed by atoms with E-state index in [1.54, 1.807) is 0 Å². The van der Waals surface area contributed by atoms with Crippen LogP contribution in [0.25, 0.3) is 0 Å². The van der Waals surface area contributed by atoms with Crippen LogP contribution in [0.5, 0.6) is 0 Å². The summed E-state index contributed by atoms with van der Waals surface area (Å²) >= 11 is 0. The lowest BCUT2D eigenvalue weighted by atomic mass is 10.3. The molecule has 14 heavy (non-hydrogen) atoms. The largest absolute Gasteiger partial charge is 0.394 e. The van der Waals surface area contributed by atoms with Gasteiger partial charge in [-0.1, -0.05) is 0 Å². The SMILES string of the molecule is O=C(NC(CO)CO)NC1CCOC1. The number of aliphatic hydroxyl groups is 2. The first-order valence-corrected chi connectivity index (χ1v) is 4.62. The zero-order valence-corrected chi connectivity index (χ0v) is 7.90. The van der Waals surface area contributed by atoms with Gasteiger partial charge in [-0.2, -0.15) is 0 Å². The Morgan fingerprint density at radius 2 is 2.21 bits per heavy atom. The maximum absolute atomic E-state index is 11.2. The molecule has 1 unspecified atom stereocenters. The van der Waals surface area contributed by atoms with Gasteiger partial charge in [0.1, 0.15) is 0 Å². The van der Waals surface area contributed by atoms with Gasteiger partial charge in [-0.05, 0) is 6.42 Å². The molecule has 0 aromatic rings. The molecule has 0 radical (unpaired) electrons. The normalized spacial score (nSPS) is 21.2. The van der Waals surface area contributed by atoms with Gasteiger partial charge >= 0.3 is 6.03 Å². The standard InChI is InChI=1S/C8H16N2O4/c11-3-7(4-12)10-8(13)9-6-1-2-14-5-6/h6-7,11-12H,1-5H2,(H2,9,10,13). The molecule has 1 aliphatic heterocycles. The first kappa shape index (κ1) is 11.2. The van der Waals surface area contributed by atoms with Gasteiger partial charge in [0.2, 0.25) is 0 Å². The third kappa shape index (κ3) is 3.49. The Kier molecular flexibility index (Phi) is 4.64. The number of urea groups is 1. The van der Waals surface area contributed by atoms with Gasteiger partial charge < -0.3 is 25.6 Å². The van der Waals surface area contributed by atoms with E-state index in [-0.39, 0.29) is 25.3 Å². The molecule has 4 N–H and O–H groups in total. The lowest BCUT2D eigenvalue weighted by Crippen LogP contribution is -2.48. The molecule has 0 saturated carbocycles. The average molecular weight is 204 g/mol. The molecule has 2 amide bonds. The van der Waals surface area contributed by atoms with Crippen LogP contribution in [-0.4, -0.2) is 54.8 Å². The predicted molar refractivity (Wildman–Crippen MR) is 48.9 cm³/mol. The van der Waals surface area contributed by atoms with Crippen molar-refractivity contribution in [1.29, 1.82) is 0 Å². The van der Waals surface area contributed by atoms with E-state index in [9.17, 15) is 4.79 Å². The zero-order valence-electron chi connectivity index (χ0n) is 7.90. The van der Waals surface area contributed by atoms with Gasteiger partial charge in [0.25, 0.3) is 0 Å². The number of hydrogen-bond donors (Lipinski definition) is 4. The van der Waals surface area contributed by atoms with E-state index in [1.807, 2.05) is 0 Å². The van der Waals surface area contributed by atoms with Crippen LogP contribution in [0.15, 0.2) is 0 Å². The van der Waals surface area contributed by atoms with Crippen molar-refractivity contribution in [2.75, 3.05) is 26.4 Å². The van der Waals surface area contributed by atoms with Crippen molar-refractivity contribution in [1.82, 2.24) is 10.6 Å². The van der Waals surface area contributed by atoms with Crippen LogP contribution < -0.4 is 10.6 Å². The molecule has 1 heterocycles. The third-order valence-electron chi connectivity index (χ3n) is 2.04. The molecule has 6 nitrogen and oxygen atoms in total. The topological polar surface area (TPSA) is 90.8 Å². The number of carbonyl (C=O) groups excluding carboxylic acids is 1. The van der Waals surface area contributed by atoms with E-state index in [0.717, 1.165) is 6.42 Å². The molecule has 0 bridgehead atoms. The molecular weight excluding hydrogens is 188 g/mol. The zero-order chi connectivity index (χ0) is 10.4. The van der Waals surface area contributed by atoms with Gasteiger partial charge in [-0.15, -0.1) is 0 Å². The minimum Gasteiger partial charge on any atom is -0.394 e. The van der Waals surface area contributed by atoms with Crippen molar-refractivity contribution in [3.63, 3.8) is 0 Å². The molecule has 1 saturated heterocycles. The highest BCUT2D eigenvalue weighted by atomic mass is 16.5. The molecular formula is C8H16N2O4. The first-order chi connectivity index (χ1) is 6.76. The Bertz CT molecular complexity index is 172. The van der Waals surface area contributed by atoms with Crippen LogP contribution in [0.2, 0.25) is 0 Å². The Morgan fingerprint density at radius 1 is 1.50 bits per heavy atom. The van der Waals surface area contributed by atoms with E-state index in [2.05, 4.69) is 10.6 Å². The summed E-state index contributed by atoms with van der Waals surface area (Å²) in [5.41, 5.74) is 0.